The van der Waals surface area contributed by atoms with Crippen LogP contribution in [-0.2, 0) is 17.9 Å². The number of hydrogen-bond donors (Lipinski definition) is 1. The van der Waals surface area contributed by atoms with Gasteiger partial charge in [0.25, 0.3) is 5.91 Å². The molecule has 2 aromatic heterocycles. The summed E-state index contributed by atoms with van der Waals surface area (Å²) in [6, 6.07) is 12.8. The van der Waals surface area contributed by atoms with Gasteiger partial charge in [0.15, 0.2) is 5.76 Å². The van der Waals surface area contributed by atoms with Crippen LogP contribution in [0.2, 0.25) is 5.02 Å². The average molecular weight is 467 g/mol. The van der Waals surface area contributed by atoms with Gasteiger partial charge in [0.2, 0.25) is 5.91 Å². The van der Waals surface area contributed by atoms with Gasteiger partial charge in [-0.1, -0.05) is 43.0 Å². The van der Waals surface area contributed by atoms with Gasteiger partial charge in [-0.3, -0.25) is 14.3 Å². The Labute approximate surface area is 197 Å². The standard InChI is InChI=1S/C25H27ClN4O3/c1-25(24(32)27-19-6-3-2-4-7-19)16-30-21(14-20(28-30)22-8-5-13-33-22)23(31)29(25)15-17-9-11-18(26)12-10-17/h5,8-14,19H,2-4,6-7,15-16H2,1H3,(H,27,32)/t25-/m1/s1. The van der Waals surface area contributed by atoms with Crippen LogP contribution in [0.25, 0.3) is 11.5 Å². The molecule has 172 valence electrons. The van der Waals surface area contributed by atoms with Crippen molar-refractivity contribution in [1.82, 2.24) is 20.0 Å². The molecule has 0 radical (unpaired) electrons. The molecule has 1 aliphatic heterocycles. The Morgan fingerprint density at radius 1 is 1.21 bits per heavy atom. The molecule has 33 heavy (non-hydrogen) atoms. The normalized spacial score (nSPS) is 21.2. The molecule has 1 N–H and O–H groups in total. The van der Waals surface area contributed by atoms with Crippen molar-refractivity contribution in [3.8, 4) is 11.5 Å². The molecule has 1 aromatic carbocycles. The minimum absolute atomic E-state index is 0.141. The van der Waals surface area contributed by atoms with Gasteiger partial charge in [-0.2, -0.15) is 5.10 Å². The summed E-state index contributed by atoms with van der Waals surface area (Å²) in [6.07, 6.45) is 6.96. The number of furan rings is 1. The van der Waals surface area contributed by atoms with Gasteiger partial charge >= 0.3 is 0 Å². The molecule has 1 saturated carbocycles. The molecular formula is C25H27ClN4O3. The third kappa shape index (κ3) is 4.17. The molecule has 2 aliphatic rings. The fraction of sp³-hybridized carbons (Fsp3) is 0.400. The second-order valence-electron chi connectivity index (χ2n) is 9.15. The van der Waals surface area contributed by atoms with Gasteiger partial charge in [0.05, 0.1) is 12.8 Å². The molecule has 7 nitrogen and oxygen atoms in total. The van der Waals surface area contributed by atoms with E-state index in [9.17, 15) is 9.59 Å². The summed E-state index contributed by atoms with van der Waals surface area (Å²) >= 11 is 6.05. The van der Waals surface area contributed by atoms with Crippen LogP contribution in [0.15, 0.2) is 53.1 Å². The van der Waals surface area contributed by atoms with Crippen LogP contribution in [-0.4, -0.2) is 38.1 Å². The van der Waals surface area contributed by atoms with E-state index in [0.717, 1.165) is 31.2 Å². The van der Waals surface area contributed by atoms with Gasteiger partial charge in [0.1, 0.15) is 16.9 Å². The van der Waals surface area contributed by atoms with Crippen molar-refractivity contribution in [3.63, 3.8) is 0 Å². The zero-order chi connectivity index (χ0) is 23.0. The highest BCUT2D eigenvalue weighted by molar-refractivity contribution is 6.30. The summed E-state index contributed by atoms with van der Waals surface area (Å²) in [5.74, 6) is 0.211. The van der Waals surface area contributed by atoms with E-state index in [4.69, 9.17) is 16.0 Å². The third-order valence-electron chi connectivity index (χ3n) is 6.75. The molecule has 2 amide bonds. The highest BCUT2D eigenvalue weighted by Crippen LogP contribution is 2.32. The maximum atomic E-state index is 13.7. The van der Waals surface area contributed by atoms with Gasteiger partial charge in [0, 0.05) is 23.7 Å². The highest BCUT2D eigenvalue weighted by atomic mass is 35.5. The van der Waals surface area contributed by atoms with E-state index in [-0.39, 0.29) is 24.4 Å². The number of fused-ring (bicyclic) bond motifs is 1. The SMILES string of the molecule is C[C@]1(C(=O)NC2CCCCC2)Cn2nc(-c3ccco3)cc2C(=O)N1Cc1ccc(Cl)cc1. The van der Waals surface area contributed by atoms with Crippen LogP contribution in [0, 0.1) is 0 Å². The van der Waals surface area contributed by atoms with Crippen molar-refractivity contribution in [3.05, 3.63) is 65.0 Å². The van der Waals surface area contributed by atoms with E-state index in [2.05, 4.69) is 10.4 Å². The molecule has 0 bridgehead atoms. The average Bonchev–Trinajstić information content (AvgIpc) is 3.48. The van der Waals surface area contributed by atoms with E-state index >= 15 is 0 Å². The van der Waals surface area contributed by atoms with E-state index in [0.29, 0.717) is 28.7 Å². The van der Waals surface area contributed by atoms with Crippen LogP contribution in [0.5, 0.6) is 0 Å². The third-order valence-corrected chi connectivity index (χ3v) is 7.01. The number of halogens is 1. The van der Waals surface area contributed by atoms with Gasteiger partial charge in [-0.15, -0.1) is 0 Å². The molecule has 1 fully saturated rings. The predicted molar refractivity (Wildman–Crippen MR) is 125 cm³/mol. The number of carbonyl (C=O) groups excluding carboxylic acids is 2. The Kier molecular flexibility index (Phi) is 5.74. The predicted octanol–water partition coefficient (Wildman–Crippen LogP) is 4.66. The summed E-state index contributed by atoms with van der Waals surface area (Å²) in [5, 5.41) is 8.45. The zero-order valence-electron chi connectivity index (χ0n) is 18.6. The monoisotopic (exact) mass is 466 g/mol. The second kappa shape index (κ2) is 8.71. The summed E-state index contributed by atoms with van der Waals surface area (Å²) < 4.78 is 7.11. The van der Waals surface area contributed by atoms with Gasteiger partial charge in [-0.25, -0.2) is 0 Å². The molecule has 5 rings (SSSR count). The summed E-state index contributed by atoms with van der Waals surface area (Å²) in [7, 11) is 0. The minimum atomic E-state index is -1.09. The number of amides is 2. The van der Waals surface area contributed by atoms with Crippen LogP contribution >= 0.6 is 11.6 Å². The van der Waals surface area contributed by atoms with Crippen molar-refractivity contribution in [1.29, 1.82) is 0 Å². The smallest absolute Gasteiger partial charge is 0.273 e. The quantitative estimate of drug-likeness (QED) is 0.593. The Hall–Kier alpha value is -3.06. The first-order valence-corrected chi connectivity index (χ1v) is 11.8. The summed E-state index contributed by atoms with van der Waals surface area (Å²) in [4.78, 5) is 29.0. The number of hydrogen-bond acceptors (Lipinski definition) is 4. The number of carbonyl (C=O) groups is 2. The Bertz CT molecular complexity index is 1150. The number of nitrogens with zero attached hydrogens (tertiary/aromatic N) is 3. The number of rotatable bonds is 5. The lowest BCUT2D eigenvalue weighted by Crippen LogP contribution is -2.64. The maximum absolute atomic E-state index is 13.7. The molecule has 3 heterocycles. The molecule has 3 aromatic rings. The minimum Gasteiger partial charge on any atom is -0.463 e. The fourth-order valence-electron chi connectivity index (χ4n) is 4.79. The molecular weight excluding hydrogens is 440 g/mol. The van der Waals surface area contributed by atoms with Crippen molar-refractivity contribution in [2.75, 3.05) is 0 Å². The van der Waals surface area contributed by atoms with Crippen LogP contribution in [0.3, 0.4) is 0 Å². The summed E-state index contributed by atoms with van der Waals surface area (Å²) in [6.45, 7) is 2.39. The lowest BCUT2D eigenvalue weighted by Gasteiger charge is -2.44. The van der Waals surface area contributed by atoms with Crippen molar-refractivity contribution in [2.24, 2.45) is 0 Å². The van der Waals surface area contributed by atoms with Gasteiger partial charge in [-0.05, 0) is 49.6 Å². The van der Waals surface area contributed by atoms with E-state index in [1.54, 1.807) is 46.2 Å². The highest BCUT2D eigenvalue weighted by Gasteiger charge is 2.48. The Morgan fingerprint density at radius 2 is 1.97 bits per heavy atom. The first kappa shape index (κ1) is 21.8. The molecule has 1 atom stereocenters. The molecule has 0 unspecified atom stereocenters. The zero-order valence-corrected chi connectivity index (χ0v) is 19.3. The molecule has 1 aliphatic carbocycles. The van der Waals surface area contributed by atoms with Crippen molar-refractivity contribution in [2.45, 2.75) is 63.7 Å². The van der Waals surface area contributed by atoms with Gasteiger partial charge < -0.3 is 14.6 Å². The Balaban J connectivity index is 1.50. The lowest BCUT2D eigenvalue weighted by molar-refractivity contribution is -0.134. The molecule has 0 spiro atoms. The fourth-order valence-corrected chi connectivity index (χ4v) is 4.92. The van der Waals surface area contributed by atoms with Crippen LogP contribution in [0.1, 0.15) is 55.1 Å². The maximum Gasteiger partial charge on any atom is 0.273 e. The number of aromatic nitrogens is 2. The van der Waals surface area contributed by atoms with E-state index in [1.165, 1.54) is 6.42 Å². The van der Waals surface area contributed by atoms with Crippen LogP contribution < -0.4 is 5.32 Å². The van der Waals surface area contributed by atoms with E-state index in [1.807, 2.05) is 19.1 Å². The van der Waals surface area contributed by atoms with Crippen molar-refractivity contribution >= 4 is 23.4 Å². The van der Waals surface area contributed by atoms with E-state index < -0.39 is 5.54 Å². The lowest BCUT2D eigenvalue weighted by atomic mass is 9.91. The molecule has 0 saturated heterocycles. The first-order chi connectivity index (χ1) is 15.9. The van der Waals surface area contributed by atoms with Crippen molar-refractivity contribution < 1.29 is 14.0 Å². The second-order valence-corrected chi connectivity index (χ2v) is 9.59. The summed E-state index contributed by atoms with van der Waals surface area (Å²) in [5.41, 5.74) is 0.835. The Morgan fingerprint density at radius 3 is 2.67 bits per heavy atom. The first-order valence-electron chi connectivity index (χ1n) is 11.4. The largest absolute Gasteiger partial charge is 0.463 e. The van der Waals surface area contributed by atoms with Crippen LogP contribution in [0.4, 0.5) is 0 Å². The number of benzene rings is 1. The number of nitrogens with one attached hydrogen (secondary N) is 1. The molecule has 8 heteroatoms. The topological polar surface area (TPSA) is 80.4 Å².